The van der Waals surface area contributed by atoms with Gasteiger partial charge in [0, 0.05) is 24.5 Å². The van der Waals surface area contributed by atoms with Crippen LogP contribution in [-0.2, 0) is 33.2 Å². The van der Waals surface area contributed by atoms with Crippen molar-refractivity contribution < 1.29 is 27.5 Å². The van der Waals surface area contributed by atoms with Crippen molar-refractivity contribution in [1.82, 2.24) is 0 Å². The summed E-state index contributed by atoms with van der Waals surface area (Å²) in [5.74, 6) is -1.93. The minimum Gasteiger partial charge on any atom is -0.404 e. The highest BCUT2D eigenvalue weighted by molar-refractivity contribution is 8.14. The first-order chi connectivity index (χ1) is 8.69. The average Bonchev–Trinajstić information content (AvgIpc) is 2.26. The molecule has 0 aliphatic rings. The molecular weight excluding hydrogens is 296 g/mol. The maximum atomic E-state index is 11.7. The van der Waals surface area contributed by atoms with Crippen LogP contribution >= 0.6 is 10.7 Å². The Morgan fingerprint density at radius 3 is 1.79 bits per heavy atom. The molecule has 0 amide bonds. The fraction of sp³-hybridized carbons (Fsp3) is 0.273. The highest BCUT2D eigenvalue weighted by Gasteiger charge is 2.52. The number of carbonyl (C=O) groups is 2. The molecule has 0 saturated heterocycles. The Kier molecular flexibility index (Phi) is 4.54. The first-order valence-electron chi connectivity index (χ1n) is 5.08. The number of halogens is 1. The van der Waals surface area contributed by atoms with Crippen molar-refractivity contribution in [2.24, 2.45) is 0 Å². The summed E-state index contributed by atoms with van der Waals surface area (Å²) >= 11 is 0. The number of benzene rings is 1. The number of ether oxygens (including phenoxy) is 2. The Morgan fingerprint density at radius 2 is 1.47 bits per heavy atom. The van der Waals surface area contributed by atoms with E-state index in [2.05, 4.69) is 0 Å². The lowest BCUT2D eigenvalue weighted by Crippen LogP contribution is -2.41. The Labute approximate surface area is 114 Å². The maximum absolute atomic E-state index is 11.7. The predicted octanol–water partition coefficient (Wildman–Crippen LogP) is 1.49. The zero-order chi connectivity index (χ0) is 14.7. The van der Waals surface area contributed by atoms with Gasteiger partial charge in [-0.2, -0.15) is 0 Å². The summed E-state index contributed by atoms with van der Waals surface area (Å²) in [6, 6.07) is 7.20. The van der Waals surface area contributed by atoms with Gasteiger partial charge in [0.25, 0.3) is 0 Å². The molecule has 0 aliphatic heterocycles. The molecule has 1 aromatic rings. The number of hydrogen-bond acceptors (Lipinski definition) is 6. The molecule has 0 spiro atoms. The van der Waals surface area contributed by atoms with Crippen LogP contribution in [0.25, 0.3) is 0 Å². The van der Waals surface area contributed by atoms with Crippen molar-refractivity contribution >= 4 is 31.7 Å². The van der Waals surface area contributed by atoms with Crippen LogP contribution in [0.5, 0.6) is 0 Å². The molecule has 0 heterocycles. The largest absolute Gasteiger partial charge is 0.404 e. The smallest absolute Gasteiger partial charge is 0.403 e. The zero-order valence-electron chi connectivity index (χ0n) is 10.1. The second-order valence-electron chi connectivity index (χ2n) is 3.55. The molecule has 19 heavy (non-hydrogen) atoms. The second kappa shape index (κ2) is 5.58. The van der Waals surface area contributed by atoms with E-state index in [1.54, 1.807) is 6.07 Å². The summed E-state index contributed by atoms with van der Waals surface area (Å²) in [5, 5.41) is -2.69. The van der Waals surface area contributed by atoms with Gasteiger partial charge in [-0.3, -0.25) is 9.59 Å². The van der Waals surface area contributed by atoms with Crippen LogP contribution in [-0.4, -0.2) is 20.4 Å². The van der Waals surface area contributed by atoms with E-state index in [4.69, 9.17) is 20.2 Å². The van der Waals surface area contributed by atoms with Crippen LogP contribution in [0.1, 0.15) is 19.4 Å². The van der Waals surface area contributed by atoms with Gasteiger partial charge in [0.05, 0.1) is 5.56 Å². The summed E-state index contributed by atoms with van der Waals surface area (Å²) in [6.07, 6.45) is 0. The van der Waals surface area contributed by atoms with E-state index in [9.17, 15) is 18.0 Å². The van der Waals surface area contributed by atoms with Gasteiger partial charge >= 0.3 is 26.1 Å². The maximum Gasteiger partial charge on any atom is 0.403 e. The Balaban J connectivity index is 3.52. The van der Waals surface area contributed by atoms with Gasteiger partial charge in [0.15, 0.2) is 0 Å². The van der Waals surface area contributed by atoms with Crippen LogP contribution in [0.2, 0.25) is 0 Å². The van der Waals surface area contributed by atoms with Crippen molar-refractivity contribution in [1.29, 1.82) is 0 Å². The quantitative estimate of drug-likeness (QED) is 0.476. The fourth-order valence-corrected chi connectivity index (χ4v) is 2.71. The van der Waals surface area contributed by atoms with Crippen LogP contribution in [0.4, 0.5) is 0 Å². The number of hydrogen-bond donors (Lipinski definition) is 0. The van der Waals surface area contributed by atoms with Gasteiger partial charge in [0.2, 0.25) is 0 Å². The molecule has 1 aromatic carbocycles. The molecule has 0 radical (unpaired) electrons. The molecule has 8 heteroatoms. The topological polar surface area (TPSA) is 86.7 Å². The molecule has 0 atom stereocenters. The monoisotopic (exact) mass is 306 g/mol. The number of esters is 2. The van der Waals surface area contributed by atoms with E-state index >= 15 is 0 Å². The molecular formula is C11H11ClO6S. The third kappa shape index (κ3) is 3.45. The van der Waals surface area contributed by atoms with E-state index in [0.29, 0.717) is 0 Å². The molecule has 0 saturated carbocycles. The minimum absolute atomic E-state index is 0.0876. The van der Waals surface area contributed by atoms with Crippen LogP contribution in [0.3, 0.4) is 0 Å². The normalized spacial score (nSPS) is 11.7. The van der Waals surface area contributed by atoms with Gasteiger partial charge < -0.3 is 9.47 Å². The summed E-state index contributed by atoms with van der Waals surface area (Å²) in [6.45, 7) is 1.95. The molecule has 0 fully saturated rings. The van der Waals surface area contributed by atoms with Crippen molar-refractivity contribution in [3.63, 3.8) is 0 Å². The molecule has 1 rings (SSSR count). The standard InChI is InChI=1S/C11H11ClO6S/c1-8(13)17-11(18-9(2)14,19(12,15)16)10-6-4-3-5-7-10/h3-7H,1-2H3. The molecule has 104 valence electrons. The summed E-state index contributed by atoms with van der Waals surface area (Å²) < 4.78 is 32.9. The van der Waals surface area contributed by atoms with Gasteiger partial charge in [0.1, 0.15) is 0 Å². The van der Waals surface area contributed by atoms with Gasteiger partial charge in [-0.1, -0.05) is 18.2 Å². The van der Waals surface area contributed by atoms with E-state index in [-0.39, 0.29) is 5.56 Å². The lowest BCUT2D eigenvalue weighted by molar-refractivity contribution is -0.200. The zero-order valence-corrected chi connectivity index (χ0v) is 11.7. The van der Waals surface area contributed by atoms with Gasteiger partial charge in [-0.05, 0) is 12.1 Å². The Morgan fingerprint density at radius 1 is 1.05 bits per heavy atom. The summed E-state index contributed by atoms with van der Waals surface area (Å²) in [7, 11) is 0.713. The van der Waals surface area contributed by atoms with Crippen molar-refractivity contribution in [3.8, 4) is 0 Å². The predicted molar refractivity (Wildman–Crippen MR) is 66.4 cm³/mol. The molecule has 6 nitrogen and oxygen atoms in total. The van der Waals surface area contributed by atoms with E-state index in [1.165, 1.54) is 24.3 Å². The first kappa shape index (κ1) is 15.5. The van der Waals surface area contributed by atoms with Crippen molar-refractivity contribution in [2.45, 2.75) is 19.0 Å². The van der Waals surface area contributed by atoms with Gasteiger partial charge in [-0.15, -0.1) is 0 Å². The third-order valence-electron chi connectivity index (χ3n) is 2.00. The molecule has 0 bridgehead atoms. The Bertz CT molecular complexity index is 564. The lowest BCUT2D eigenvalue weighted by Gasteiger charge is -2.28. The molecule has 0 aromatic heterocycles. The van der Waals surface area contributed by atoms with E-state index < -0.39 is 26.1 Å². The van der Waals surface area contributed by atoms with Crippen LogP contribution in [0.15, 0.2) is 30.3 Å². The first-order valence-corrected chi connectivity index (χ1v) is 7.39. The highest BCUT2D eigenvalue weighted by atomic mass is 35.7. The van der Waals surface area contributed by atoms with E-state index in [0.717, 1.165) is 13.8 Å². The lowest BCUT2D eigenvalue weighted by atomic mass is 10.2. The van der Waals surface area contributed by atoms with Crippen molar-refractivity contribution in [3.05, 3.63) is 35.9 Å². The Hall–Kier alpha value is -1.60. The van der Waals surface area contributed by atoms with Crippen LogP contribution < -0.4 is 0 Å². The SMILES string of the molecule is CC(=O)OC(OC(C)=O)(c1ccccc1)S(=O)(=O)Cl. The minimum atomic E-state index is -4.58. The summed E-state index contributed by atoms with van der Waals surface area (Å²) in [4.78, 5) is 22.2. The fourth-order valence-electron chi connectivity index (χ4n) is 1.40. The third-order valence-corrected chi connectivity index (χ3v) is 3.66. The number of carbonyl (C=O) groups excluding carboxylic acids is 2. The van der Waals surface area contributed by atoms with Crippen LogP contribution in [0, 0.1) is 0 Å². The summed E-state index contributed by atoms with van der Waals surface area (Å²) in [5.41, 5.74) is -0.0876. The molecule has 0 aliphatic carbocycles. The molecule has 0 N–H and O–H groups in total. The average molecular weight is 307 g/mol. The highest BCUT2D eigenvalue weighted by Crippen LogP contribution is 2.36. The number of rotatable bonds is 4. The van der Waals surface area contributed by atoms with Gasteiger partial charge in [-0.25, -0.2) is 8.42 Å². The molecule has 0 unspecified atom stereocenters. The van der Waals surface area contributed by atoms with E-state index in [1.807, 2.05) is 0 Å². The second-order valence-corrected chi connectivity index (χ2v) is 6.18. The van der Waals surface area contributed by atoms with Crippen molar-refractivity contribution in [2.75, 3.05) is 0 Å².